The summed E-state index contributed by atoms with van der Waals surface area (Å²) in [5.74, 6) is 0.939. The van der Waals surface area contributed by atoms with Crippen molar-refractivity contribution in [2.75, 3.05) is 6.61 Å². The molecule has 0 unspecified atom stereocenters. The second-order valence-electron chi connectivity index (χ2n) is 10.4. The predicted octanol–water partition coefficient (Wildman–Crippen LogP) is 7.22. The van der Waals surface area contributed by atoms with Crippen LogP contribution in [0.5, 0.6) is 0 Å². The summed E-state index contributed by atoms with van der Waals surface area (Å²) in [6, 6.07) is 0.0191. The van der Waals surface area contributed by atoms with Crippen molar-refractivity contribution in [3.63, 3.8) is 0 Å². The Bertz CT molecular complexity index is 1110. The number of allylic oxidation sites excluding steroid dienone is 1. The highest BCUT2D eigenvalue weighted by Gasteiger charge is 2.30. The highest BCUT2D eigenvalue weighted by atomic mass is 79.9. The monoisotopic (exact) mass is 596 g/mol. The Morgan fingerprint density at radius 2 is 2.05 bits per heavy atom. The van der Waals surface area contributed by atoms with Gasteiger partial charge in [0.25, 0.3) is 0 Å². The topological polar surface area (TPSA) is 94.8 Å². The standard InChI is InChI=1S/C27H38BrClN4O4/c1-5-36-21(34)15-10-8-6-7-9-14-20-17-30-24(29)22-23(28)32-25(33(20)22)18-12-11-13-19(16-18)31-26(35)37-27(2,3)4/h9,14,17-19H,5-8,10-13,15-16H2,1-4H3,(H,31,35)/b14-9+/t18-,19-/m1/s1. The summed E-state index contributed by atoms with van der Waals surface area (Å²) in [7, 11) is 0. The van der Waals surface area contributed by atoms with Gasteiger partial charge in [0.05, 0.1) is 18.5 Å². The average Bonchev–Trinajstić information content (AvgIpc) is 3.17. The Morgan fingerprint density at radius 3 is 2.78 bits per heavy atom. The van der Waals surface area contributed by atoms with Gasteiger partial charge < -0.3 is 14.8 Å². The minimum absolute atomic E-state index is 0.0191. The Morgan fingerprint density at radius 1 is 1.27 bits per heavy atom. The SMILES string of the molecule is CCOC(=O)CCCCC/C=C/c1cnc(Cl)c2c(Br)nc([C@@H]3CCC[C@@H](NC(=O)OC(C)(C)C)C3)n12. The summed E-state index contributed by atoms with van der Waals surface area (Å²) in [5.41, 5.74) is 1.12. The van der Waals surface area contributed by atoms with Gasteiger partial charge in [-0.3, -0.25) is 9.20 Å². The van der Waals surface area contributed by atoms with Crippen molar-refractivity contribution in [1.29, 1.82) is 0 Å². The number of esters is 1. The van der Waals surface area contributed by atoms with Crippen molar-refractivity contribution in [1.82, 2.24) is 19.7 Å². The van der Waals surface area contributed by atoms with E-state index in [4.69, 9.17) is 26.1 Å². The number of nitrogens with zero attached hydrogens (tertiary/aromatic N) is 3. The Hall–Kier alpha value is -2.13. The van der Waals surface area contributed by atoms with Gasteiger partial charge in [-0.1, -0.05) is 30.5 Å². The number of carbonyl (C=O) groups excluding carboxylic acids is 2. The summed E-state index contributed by atoms with van der Waals surface area (Å²) in [6.45, 7) is 7.84. The first-order valence-corrected chi connectivity index (χ1v) is 14.3. The summed E-state index contributed by atoms with van der Waals surface area (Å²) >= 11 is 10.1. The van der Waals surface area contributed by atoms with Gasteiger partial charge in [0.2, 0.25) is 0 Å². The third-order valence-electron chi connectivity index (χ3n) is 6.23. The smallest absolute Gasteiger partial charge is 0.407 e. The van der Waals surface area contributed by atoms with E-state index in [9.17, 15) is 9.59 Å². The highest BCUT2D eigenvalue weighted by molar-refractivity contribution is 9.10. The van der Waals surface area contributed by atoms with Crippen LogP contribution in [-0.2, 0) is 14.3 Å². The van der Waals surface area contributed by atoms with Crippen LogP contribution in [0.3, 0.4) is 0 Å². The second-order valence-corrected chi connectivity index (χ2v) is 11.5. The van der Waals surface area contributed by atoms with E-state index in [-0.39, 0.29) is 24.0 Å². The van der Waals surface area contributed by atoms with Gasteiger partial charge in [-0.05, 0) is 88.2 Å². The number of amides is 1. The molecule has 2 aromatic rings. The van der Waals surface area contributed by atoms with E-state index in [1.54, 1.807) is 6.20 Å². The number of halogens is 2. The molecule has 0 saturated heterocycles. The largest absolute Gasteiger partial charge is 0.466 e. The van der Waals surface area contributed by atoms with Crippen LogP contribution in [0.4, 0.5) is 4.79 Å². The molecule has 2 heterocycles. The first-order valence-electron chi connectivity index (χ1n) is 13.1. The molecule has 2 atom stereocenters. The molecule has 10 heteroatoms. The lowest BCUT2D eigenvalue weighted by Gasteiger charge is -2.30. The minimum Gasteiger partial charge on any atom is -0.466 e. The Kier molecular flexibility index (Phi) is 10.8. The third-order valence-corrected chi connectivity index (χ3v) is 7.06. The molecule has 2 aromatic heterocycles. The molecule has 0 spiro atoms. The zero-order valence-corrected chi connectivity index (χ0v) is 24.5. The number of hydrogen-bond donors (Lipinski definition) is 1. The van der Waals surface area contributed by atoms with Crippen molar-refractivity contribution >= 4 is 51.2 Å². The molecule has 1 amide bonds. The van der Waals surface area contributed by atoms with Gasteiger partial charge in [-0.25, -0.2) is 14.8 Å². The first kappa shape index (κ1) is 29.4. The van der Waals surface area contributed by atoms with Crippen molar-refractivity contribution in [3.05, 3.63) is 33.5 Å². The number of unbranched alkanes of at least 4 members (excludes halogenated alkanes) is 3. The fourth-order valence-electron chi connectivity index (χ4n) is 4.66. The molecule has 3 rings (SSSR count). The molecule has 204 valence electrons. The van der Waals surface area contributed by atoms with E-state index >= 15 is 0 Å². The van der Waals surface area contributed by atoms with E-state index < -0.39 is 5.60 Å². The number of fused-ring (bicyclic) bond motifs is 1. The summed E-state index contributed by atoms with van der Waals surface area (Å²) in [4.78, 5) is 33.0. The quantitative estimate of drug-likeness (QED) is 0.229. The fraction of sp³-hybridized carbons (Fsp3) is 0.630. The molecule has 0 radical (unpaired) electrons. The molecule has 37 heavy (non-hydrogen) atoms. The molecule has 0 aromatic carbocycles. The maximum atomic E-state index is 12.3. The summed E-state index contributed by atoms with van der Waals surface area (Å²) < 4.78 is 13.2. The van der Waals surface area contributed by atoms with E-state index in [1.807, 2.05) is 27.7 Å². The lowest BCUT2D eigenvalue weighted by atomic mass is 9.85. The minimum atomic E-state index is -0.534. The van der Waals surface area contributed by atoms with Crippen LogP contribution in [0.1, 0.15) is 103 Å². The van der Waals surface area contributed by atoms with Crippen molar-refractivity contribution in [2.45, 2.75) is 103 Å². The number of aromatic nitrogens is 3. The van der Waals surface area contributed by atoms with Gasteiger partial charge in [-0.2, -0.15) is 0 Å². The van der Waals surface area contributed by atoms with Crippen LogP contribution >= 0.6 is 27.5 Å². The van der Waals surface area contributed by atoms with Crippen LogP contribution in [0.15, 0.2) is 16.9 Å². The highest BCUT2D eigenvalue weighted by Crippen LogP contribution is 2.37. The van der Waals surface area contributed by atoms with Gasteiger partial charge >= 0.3 is 12.1 Å². The van der Waals surface area contributed by atoms with E-state index in [0.29, 0.717) is 22.8 Å². The molecule has 8 nitrogen and oxygen atoms in total. The number of imidazole rings is 1. The number of hydrogen-bond acceptors (Lipinski definition) is 6. The van der Waals surface area contributed by atoms with Crippen molar-refractivity contribution in [3.8, 4) is 0 Å². The maximum Gasteiger partial charge on any atom is 0.407 e. The van der Waals surface area contributed by atoms with Gasteiger partial charge in [-0.15, -0.1) is 0 Å². The molecule has 1 N–H and O–H groups in total. The van der Waals surface area contributed by atoms with E-state index in [0.717, 1.165) is 68.4 Å². The number of nitrogens with one attached hydrogen (secondary N) is 1. The van der Waals surface area contributed by atoms with Crippen LogP contribution < -0.4 is 5.32 Å². The molecule has 1 aliphatic rings. The zero-order valence-electron chi connectivity index (χ0n) is 22.2. The number of carbonyl (C=O) groups is 2. The Labute approximate surface area is 232 Å². The van der Waals surface area contributed by atoms with Crippen LogP contribution in [0, 0.1) is 0 Å². The fourth-order valence-corrected chi connectivity index (χ4v) is 5.54. The van der Waals surface area contributed by atoms with E-state index in [2.05, 4.69) is 42.8 Å². The van der Waals surface area contributed by atoms with E-state index in [1.165, 1.54) is 0 Å². The molecule has 1 fully saturated rings. The Balaban J connectivity index is 1.70. The molecule has 1 aliphatic carbocycles. The molecular weight excluding hydrogens is 560 g/mol. The number of rotatable bonds is 10. The van der Waals surface area contributed by atoms with Crippen LogP contribution in [0.25, 0.3) is 11.6 Å². The maximum absolute atomic E-state index is 12.3. The number of ether oxygens (including phenoxy) is 2. The number of alkyl carbamates (subject to hydrolysis) is 1. The average molecular weight is 598 g/mol. The summed E-state index contributed by atoms with van der Waals surface area (Å²) in [6.07, 6.45) is 13.3. The predicted molar refractivity (Wildman–Crippen MR) is 149 cm³/mol. The van der Waals surface area contributed by atoms with Gasteiger partial charge in [0.15, 0.2) is 5.15 Å². The molecular formula is C27H38BrClN4O4. The lowest BCUT2D eigenvalue weighted by Crippen LogP contribution is -2.41. The normalized spacial score (nSPS) is 18.3. The molecule has 0 aliphatic heterocycles. The molecule has 0 bridgehead atoms. The first-order chi connectivity index (χ1) is 17.6. The van der Waals surface area contributed by atoms with Crippen molar-refractivity contribution < 1.29 is 19.1 Å². The lowest BCUT2D eigenvalue weighted by molar-refractivity contribution is -0.143. The van der Waals surface area contributed by atoms with Crippen molar-refractivity contribution in [2.24, 2.45) is 0 Å². The molecule has 1 saturated carbocycles. The third kappa shape index (κ3) is 8.70. The van der Waals surface area contributed by atoms with Crippen LogP contribution in [-0.4, -0.2) is 44.7 Å². The summed E-state index contributed by atoms with van der Waals surface area (Å²) in [5, 5.41) is 3.43. The van der Waals surface area contributed by atoms with Gasteiger partial charge in [0, 0.05) is 18.4 Å². The van der Waals surface area contributed by atoms with Gasteiger partial charge in [0.1, 0.15) is 21.5 Å². The second kappa shape index (κ2) is 13.6. The zero-order chi connectivity index (χ0) is 27.0. The van der Waals surface area contributed by atoms with Crippen LogP contribution in [0.2, 0.25) is 5.15 Å².